The first kappa shape index (κ1) is 21.1. The minimum Gasteiger partial charge on any atom is -0.497 e. The van der Waals surface area contributed by atoms with Crippen LogP contribution in [0.4, 0.5) is 0 Å². The van der Waals surface area contributed by atoms with Crippen LogP contribution in [0.25, 0.3) is 11.6 Å². The van der Waals surface area contributed by atoms with E-state index < -0.39 is 0 Å². The molecule has 0 fully saturated rings. The van der Waals surface area contributed by atoms with Crippen LogP contribution in [0.15, 0.2) is 60.7 Å². The van der Waals surface area contributed by atoms with E-state index in [1.165, 1.54) is 0 Å². The summed E-state index contributed by atoms with van der Waals surface area (Å²) in [6.07, 6.45) is 2.11. The van der Waals surface area contributed by atoms with Crippen molar-refractivity contribution >= 4 is 11.6 Å². The predicted molar refractivity (Wildman–Crippen MR) is 119 cm³/mol. The second kappa shape index (κ2) is 9.74. The molecule has 0 saturated carbocycles. The van der Waals surface area contributed by atoms with Gasteiger partial charge in [0, 0.05) is 0 Å². The van der Waals surface area contributed by atoms with Crippen LogP contribution in [0.2, 0.25) is 0 Å². The van der Waals surface area contributed by atoms with Crippen LogP contribution in [0.3, 0.4) is 0 Å². The molecular weight excluding hydrogens is 380 g/mol. The van der Waals surface area contributed by atoms with Gasteiger partial charge in [0.25, 0.3) is 0 Å². The molecule has 0 bridgehead atoms. The van der Waals surface area contributed by atoms with E-state index in [1.807, 2.05) is 60.7 Å². The number of methoxy groups -OCH3 is 5. The Bertz CT molecular complexity index is 980. The third-order valence-corrected chi connectivity index (χ3v) is 4.80. The van der Waals surface area contributed by atoms with Gasteiger partial charge in [-0.15, -0.1) is 0 Å². The van der Waals surface area contributed by atoms with Crippen LogP contribution in [0, 0.1) is 0 Å². The zero-order valence-corrected chi connectivity index (χ0v) is 17.9. The summed E-state index contributed by atoms with van der Waals surface area (Å²) in [5, 5.41) is 0. The molecule has 0 aromatic heterocycles. The van der Waals surface area contributed by atoms with Gasteiger partial charge in [0.1, 0.15) is 11.5 Å². The topological polar surface area (TPSA) is 46.2 Å². The molecule has 0 aliphatic rings. The van der Waals surface area contributed by atoms with Gasteiger partial charge in [0.2, 0.25) is 5.75 Å². The molecule has 0 aliphatic heterocycles. The van der Waals surface area contributed by atoms with Crippen LogP contribution in [-0.2, 0) is 0 Å². The highest BCUT2D eigenvalue weighted by molar-refractivity contribution is 5.92. The Labute approximate surface area is 177 Å². The number of ether oxygens (including phenoxy) is 5. The van der Waals surface area contributed by atoms with Crippen molar-refractivity contribution in [2.75, 3.05) is 35.5 Å². The minimum absolute atomic E-state index is 0.558. The summed E-state index contributed by atoms with van der Waals surface area (Å²) in [5.74, 6) is 3.36. The Kier molecular flexibility index (Phi) is 6.86. The third kappa shape index (κ3) is 4.51. The number of rotatable bonds is 8. The lowest BCUT2D eigenvalue weighted by molar-refractivity contribution is 0.324. The van der Waals surface area contributed by atoms with Crippen molar-refractivity contribution < 1.29 is 23.7 Å². The second-order valence-corrected chi connectivity index (χ2v) is 6.47. The Morgan fingerprint density at radius 1 is 0.567 bits per heavy atom. The van der Waals surface area contributed by atoms with Crippen LogP contribution in [-0.4, -0.2) is 35.5 Å². The lowest BCUT2D eigenvalue weighted by atomic mass is 9.95. The van der Waals surface area contributed by atoms with Gasteiger partial charge in [-0.1, -0.05) is 24.3 Å². The van der Waals surface area contributed by atoms with E-state index >= 15 is 0 Å². The largest absolute Gasteiger partial charge is 0.497 e. The predicted octanol–water partition coefficient (Wildman–Crippen LogP) is 5.32. The summed E-state index contributed by atoms with van der Waals surface area (Å²) in [6.45, 7) is 0. The summed E-state index contributed by atoms with van der Waals surface area (Å²) in [7, 11) is 8.13. The maximum atomic E-state index is 5.55. The van der Waals surface area contributed by atoms with E-state index in [4.69, 9.17) is 23.7 Å². The van der Waals surface area contributed by atoms with Crippen molar-refractivity contribution in [3.63, 3.8) is 0 Å². The van der Waals surface area contributed by atoms with Gasteiger partial charge in [-0.2, -0.15) is 0 Å². The fourth-order valence-electron chi connectivity index (χ4n) is 3.21. The normalized spacial score (nSPS) is 11.0. The maximum Gasteiger partial charge on any atom is 0.203 e. The van der Waals surface area contributed by atoms with Crippen LogP contribution in [0.5, 0.6) is 28.7 Å². The molecule has 0 aliphatic carbocycles. The van der Waals surface area contributed by atoms with E-state index in [9.17, 15) is 0 Å². The van der Waals surface area contributed by atoms with Gasteiger partial charge in [0.15, 0.2) is 11.5 Å². The Morgan fingerprint density at radius 2 is 1.07 bits per heavy atom. The van der Waals surface area contributed by atoms with Crippen LogP contribution < -0.4 is 23.7 Å². The molecule has 0 unspecified atom stereocenters. The van der Waals surface area contributed by atoms with E-state index in [1.54, 1.807) is 35.5 Å². The molecular formula is C25H26O5. The highest BCUT2D eigenvalue weighted by atomic mass is 16.5. The summed E-state index contributed by atoms with van der Waals surface area (Å²) in [5.41, 5.74) is 4.00. The summed E-state index contributed by atoms with van der Waals surface area (Å²) in [6, 6.07) is 19.7. The average Bonchev–Trinajstić information content (AvgIpc) is 2.82. The minimum atomic E-state index is 0.558. The average molecular weight is 406 g/mol. The SMILES string of the molecule is COc1ccc(/C=C(/c2ccc(OC)cc2)c2cc(OC)c(OC)c(OC)c2)cc1. The van der Waals surface area contributed by atoms with E-state index in [0.29, 0.717) is 17.2 Å². The molecule has 0 radical (unpaired) electrons. The van der Waals surface area contributed by atoms with Crippen molar-refractivity contribution in [1.29, 1.82) is 0 Å². The van der Waals surface area contributed by atoms with E-state index in [2.05, 4.69) is 6.08 Å². The molecule has 5 heteroatoms. The second-order valence-electron chi connectivity index (χ2n) is 6.47. The van der Waals surface area contributed by atoms with Crippen LogP contribution >= 0.6 is 0 Å². The quantitative estimate of drug-likeness (QED) is 0.474. The van der Waals surface area contributed by atoms with Gasteiger partial charge in [-0.05, 0) is 64.7 Å². The molecule has 156 valence electrons. The molecule has 0 spiro atoms. The molecule has 0 atom stereocenters. The zero-order valence-electron chi connectivity index (χ0n) is 17.9. The number of hydrogen-bond donors (Lipinski definition) is 0. The summed E-state index contributed by atoms with van der Waals surface area (Å²) < 4.78 is 27.2. The molecule has 0 N–H and O–H groups in total. The first-order chi connectivity index (χ1) is 14.6. The molecule has 0 heterocycles. The lowest BCUT2D eigenvalue weighted by Gasteiger charge is -2.16. The molecule has 3 rings (SSSR count). The fraction of sp³-hybridized carbons (Fsp3) is 0.200. The van der Waals surface area contributed by atoms with Gasteiger partial charge in [0.05, 0.1) is 35.5 Å². The van der Waals surface area contributed by atoms with Gasteiger partial charge >= 0.3 is 0 Å². The highest BCUT2D eigenvalue weighted by Crippen LogP contribution is 2.41. The first-order valence-corrected chi connectivity index (χ1v) is 9.44. The van der Waals surface area contributed by atoms with Crippen LogP contribution in [0.1, 0.15) is 16.7 Å². The molecule has 30 heavy (non-hydrogen) atoms. The van der Waals surface area contributed by atoms with Gasteiger partial charge in [-0.25, -0.2) is 0 Å². The Morgan fingerprint density at radius 3 is 1.50 bits per heavy atom. The number of benzene rings is 3. The van der Waals surface area contributed by atoms with Crippen molar-refractivity contribution in [2.24, 2.45) is 0 Å². The molecule has 0 amide bonds. The monoisotopic (exact) mass is 406 g/mol. The lowest BCUT2D eigenvalue weighted by Crippen LogP contribution is -1.98. The molecule has 3 aromatic carbocycles. The third-order valence-electron chi connectivity index (χ3n) is 4.80. The Hall–Kier alpha value is -3.60. The van der Waals surface area contributed by atoms with Crippen molar-refractivity contribution in [1.82, 2.24) is 0 Å². The molecule has 0 saturated heterocycles. The van der Waals surface area contributed by atoms with Gasteiger partial charge in [-0.3, -0.25) is 0 Å². The van der Waals surface area contributed by atoms with Crippen molar-refractivity contribution in [3.05, 3.63) is 77.4 Å². The van der Waals surface area contributed by atoms with E-state index in [0.717, 1.165) is 33.8 Å². The maximum absolute atomic E-state index is 5.55. The highest BCUT2D eigenvalue weighted by Gasteiger charge is 2.16. The summed E-state index contributed by atoms with van der Waals surface area (Å²) in [4.78, 5) is 0. The molecule has 5 nitrogen and oxygen atoms in total. The smallest absolute Gasteiger partial charge is 0.203 e. The van der Waals surface area contributed by atoms with Crippen molar-refractivity contribution in [3.8, 4) is 28.7 Å². The molecule has 3 aromatic rings. The fourth-order valence-corrected chi connectivity index (χ4v) is 3.21. The van der Waals surface area contributed by atoms with E-state index in [-0.39, 0.29) is 0 Å². The first-order valence-electron chi connectivity index (χ1n) is 9.44. The van der Waals surface area contributed by atoms with Crippen molar-refractivity contribution in [2.45, 2.75) is 0 Å². The zero-order chi connectivity index (χ0) is 21.5. The summed E-state index contributed by atoms with van der Waals surface area (Å²) >= 11 is 0. The Balaban J connectivity index is 2.19. The standard InChI is InChI=1S/C25H26O5/c1-26-20-10-6-17(7-11-20)14-22(18-8-12-21(27-2)13-9-18)19-15-23(28-3)25(30-5)24(16-19)29-4/h6-16H,1-5H3/b22-14-. The number of hydrogen-bond acceptors (Lipinski definition) is 5. The van der Waals surface area contributed by atoms with Gasteiger partial charge < -0.3 is 23.7 Å².